The molecule has 1 aromatic carbocycles. The Morgan fingerprint density at radius 1 is 1.18 bits per heavy atom. The van der Waals surface area contributed by atoms with Gasteiger partial charge in [-0.2, -0.15) is 0 Å². The molecule has 1 rings (SSSR count). The van der Waals surface area contributed by atoms with Crippen LogP contribution in [0, 0.1) is 6.92 Å². The minimum Gasteiger partial charge on any atom is -0.102 e. The minimum absolute atomic E-state index is 0.00669. The normalized spacial score (nSPS) is 11.6. The lowest BCUT2D eigenvalue weighted by Crippen LogP contribution is -2.16. The van der Waals surface area contributed by atoms with E-state index in [0.717, 1.165) is 0 Å². The number of hydrogen-bond acceptors (Lipinski definition) is 0. The van der Waals surface area contributed by atoms with E-state index in [1.807, 2.05) is 12.2 Å². The topological polar surface area (TPSA) is 0 Å². The summed E-state index contributed by atoms with van der Waals surface area (Å²) in [7, 11) is 0. The van der Waals surface area contributed by atoms with Crippen molar-refractivity contribution in [1.29, 1.82) is 0 Å². The van der Waals surface area contributed by atoms with E-state index in [4.69, 9.17) is 0 Å². The van der Waals surface area contributed by atoms with Crippen LogP contribution in [-0.4, -0.2) is 0 Å². The van der Waals surface area contributed by atoms with Crippen molar-refractivity contribution in [3.63, 3.8) is 0 Å². The highest BCUT2D eigenvalue weighted by Crippen LogP contribution is 2.33. The SMILES string of the molecule is C=Cc1cc(C(C)C)c(C)c(C(C)(C)C=C)c1. The molecule has 0 aliphatic heterocycles. The van der Waals surface area contributed by atoms with E-state index in [9.17, 15) is 0 Å². The first kappa shape index (κ1) is 13.8. The Bertz CT molecular complexity index is 434. The molecule has 0 fully saturated rings. The van der Waals surface area contributed by atoms with Crippen molar-refractivity contribution in [1.82, 2.24) is 0 Å². The number of allylic oxidation sites excluding steroid dienone is 1. The van der Waals surface area contributed by atoms with Crippen LogP contribution < -0.4 is 0 Å². The molecule has 0 bridgehead atoms. The highest BCUT2D eigenvalue weighted by molar-refractivity contribution is 5.55. The predicted molar refractivity (Wildman–Crippen MR) is 78.6 cm³/mol. The average molecular weight is 228 g/mol. The molecule has 0 amide bonds. The quantitative estimate of drug-likeness (QED) is 0.619. The summed E-state index contributed by atoms with van der Waals surface area (Å²) >= 11 is 0. The maximum atomic E-state index is 3.95. The Morgan fingerprint density at radius 2 is 1.76 bits per heavy atom. The molecule has 0 aliphatic carbocycles. The minimum atomic E-state index is 0.00669. The smallest absolute Gasteiger partial charge is 0.00756 e. The first-order valence-corrected chi connectivity index (χ1v) is 6.24. The van der Waals surface area contributed by atoms with Crippen LogP contribution in [0.3, 0.4) is 0 Å². The van der Waals surface area contributed by atoms with Crippen LogP contribution in [0.25, 0.3) is 6.08 Å². The lowest BCUT2D eigenvalue weighted by Gasteiger charge is -2.26. The zero-order valence-corrected chi connectivity index (χ0v) is 11.8. The van der Waals surface area contributed by atoms with Gasteiger partial charge in [0.2, 0.25) is 0 Å². The molecule has 0 nitrogen and oxygen atoms in total. The third-order valence-electron chi connectivity index (χ3n) is 3.53. The van der Waals surface area contributed by atoms with E-state index >= 15 is 0 Å². The molecular formula is C17H24. The van der Waals surface area contributed by atoms with Crippen molar-refractivity contribution in [2.75, 3.05) is 0 Å². The lowest BCUT2D eigenvalue weighted by molar-refractivity contribution is 0.661. The van der Waals surface area contributed by atoms with Crippen molar-refractivity contribution in [2.45, 2.75) is 46.0 Å². The summed E-state index contributed by atoms with van der Waals surface area (Å²) in [5.74, 6) is 0.536. The zero-order valence-electron chi connectivity index (χ0n) is 11.8. The van der Waals surface area contributed by atoms with Gasteiger partial charge < -0.3 is 0 Å². The summed E-state index contributed by atoms with van der Waals surface area (Å²) < 4.78 is 0. The molecule has 92 valence electrons. The van der Waals surface area contributed by atoms with Crippen LogP contribution in [0.15, 0.2) is 31.4 Å². The fraction of sp³-hybridized carbons (Fsp3) is 0.412. The molecule has 0 heteroatoms. The van der Waals surface area contributed by atoms with Gasteiger partial charge in [0.25, 0.3) is 0 Å². The Balaban J connectivity index is 3.55. The second kappa shape index (κ2) is 4.91. The summed E-state index contributed by atoms with van der Waals surface area (Å²) in [6, 6.07) is 4.48. The van der Waals surface area contributed by atoms with Crippen molar-refractivity contribution in [3.8, 4) is 0 Å². The molecule has 1 aromatic rings. The van der Waals surface area contributed by atoms with E-state index < -0.39 is 0 Å². The van der Waals surface area contributed by atoms with Crippen LogP contribution in [-0.2, 0) is 5.41 Å². The van der Waals surface area contributed by atoms with Crippen LogP contribution in [0.1, 0.15) is 55.9 Å². The Kier molecular flexibility index (Phi) is 3.98. The summed E-state index contributed by atoms with van der Waals surface area (Å²) in [6.07, 6.45) is 3.94. The zero-order chi connectivity index (χ0) is 13.2. The fourth-order valence-electron chi connectivity index (χ4n) is 2.26. The van der Waals surface area contributed by atoms with E-state index in [-0.39, 0.29) is 5.41 Å². The molecule has 0 spiro atoms. The highest BCUT2D eigenvalue weighted by Gasteiger charge is 2.21. The predicted octanol–water partition coefficient (Wildman–Crippen LogP) is 5.23. The van der Waals surface area contributed by atoms with E-state index in [1.165, 1.54) is 22.3 Å². The average Bonchev–Trinajstić information content (AvgIpc) is 2.28. The molecule has 0 atom stereocenters. The molecule has 17 heavy (non-hydrogen) atoms. The van der Waals surface area contributed by atoms with Gasteiger partial charge >= 0.3 is 0 Å². The van der Waals surface area contributed by atoms with Gasteiger partial charge in [-0.05, 0) is 35.1 Å². The molecule has 0 unspecified atom stereocenters. The molecule has 0 N–H and O–H groups in total. The molecule has 0 saturated heterocycles. The van der Waals surface area contributed by atoms with Gasteiger partial charge in [0.05, 0.1) is 0 Å². The number of benzene rings is 1. The van der Waals surface area contributed by atoms with E-state index in [0.29, 0.717) is 5.92 Å². The standard InChI is InChI=1S/C17H24/c1-8-14-10-15(12(3)4)13(5)16(11-14)17(6,7)9-2/h8-12H,1-2H2,3-7H3. The summed E-state index contributed by atoms with van der Waals surface area (Å²) in [4.78, 5) is 0. The molecule has 0 aliphatic rings. The summed E-state index contributed by atoms with van der Waals surface area (Å²) in [6.45, 7) is 18.9. The maximum Gasteiger partial charge on any atom is 0.00756 e. The molecule has 0 heterocycles. The van der Waals surface area contributed by atoms with Crippen molar-refractivity contribution in [3.05, 3.63) is 53.6 Å². The largest absolute Gasteiger partial charge is 0.102 e. The molecule has 0 saturated carbocycles. The maximum absolute atomic E-state index is 3.95. The summed E-state index contributed by atoms with van der Waals surface area (Å²) in [5.41, 5.74) is 5.35. The third-order valence-corrected chi connectivity index (χ3v) is 3.53. The van der Waals surface area contributed by atoms with Crippen LogP contribution >= 0.6 is 0 Å². The van der Waals surface area contributed by atoms with Gasteiger partial charge in [-0.1, -0.05) is 58.6 Å². The Morgan fingerprint density at radius 3 is 2.18 bits per heavy atom. The fourth-order valence-corrected chi connectivity index (χ4v) is 2.26. The van der Waals surface area contributed by atoms with E-state index in [2.05, 4.69) is 59.9 Å². The lowest BCUT2D eigenvalue weighted by atomic mass is 9.78. The van der Waals surface area contributed by atoms with Crippen LogP contribution in [0.2, 0.25) is 0 Å². The molecule has 0 aromatic heterocycles. The van der Waals surface area contributed by atoms with Gasteiger partial charge in [0, 0.05) is 5.41 Å². The third kappa shape index (κ3) is 2.69. The Hall–Kier alpha value is -1.30. The van der Waals surface area contributed by atoms with Crippen molar-refractivity contribution in [2.24, 2.45) is 0 Å². The van der Waals surface area contributed by atoms with Gasteiger partial charge in [-0.3, -0.25) is 0 Å². The first-order valence-electron chi connectivity index (χ1n) is 6.24. The highest BCUT2D eigenvalue weighted by atomic mass is 14.3. The first-order chi connectivity index (χ1) is 7.83. The molecular weight excluding hydrogens is 204 g/mol. The van der Waals surface area contributed by atoms with Gasteiger partial charge in [0.15, 0.2) is 0 Å². The van der Waals surface area contributed by atoms with Crippen LogP contribution in [0.4, 0.5) is 0 Å². The monoisotopic (exact) mass is 228 g/mol. The van der Waals surface area contributed by atoms with Gasteiger partial charge in [-0.25, -0.2) is 0 Å². The Labute approximate surface area is 106 Å². The van der Waals surface area contributed by atoms with Gasteiger partial charge in [-0.15, -0.1) is 6.58 Å². The molecule has 0 radical (unpaired) electrons. The number of rotatable bonds is 4. The van der Waals surface area contributed by atoms with Crippen molar-refractivity contribution >= 4 is 6.08 Å². The second-order valence-corrected chi connectivity index (χ2v) is 5.57. The van der Waals surface area contributed by atoms with Gasteiger partial charge in [0.1, 0.15) is 0 Å². The van der Waals surface area contributed by atoms with Crippen molar-refractivity contribution < 1.29 is 0 Å². The summed E-state index contributed by atoms with van der Waals surface area (Å²) in [5, 5.41) is 0. The van der Waals surface area contributed by atoms with Crippen LogP contribution in [0.5, 0.6) is 0 Å². The second-order valence-electron chi connectivity index (χ2n) is 5.57. The number of hydrogen-bond donors (Lipinski definition) is 0. The van der Waals surface area contributed by atoms with E-state index in [1.54, 1.807) is 0 Å².